The Morgan fingerprint density at radius 3 is 2.70 bits per heavy atom. The third-order valence-electron chi connectivity index (χ3n) is 2.51. The van der Waals surface area contributed by atoms with Crippen LogP contribution in [0.5, 0.6) is 0 Å². The second-order valence-electron chi connectivity index (χ2n) is 5.59. The van der Waals surface area contributed by atoms with Crippen molar-refractivity contribution in [3.05, 3.63) is 23.8 Å². The van der Waals surface area contributed by atoms with Gasteiger partial charge in [0.2, 0.25) is 5.13 Å². The number of hydrogen-bond acceptors (Lipinski definition) is 8. The summed E-state index contributed by atoms with van der Waals surface area (Å²) in [5, 5.41) is 0.381. The second kappa shape index (κ2) is 6.82. The highest BCUT2D eigenvalue weighted by Crippen LogP contribution is 2.27. The quantitative estimate of drug-likeness (QED) is 0.671. The summed E-state index contributed by atoms with van der Waals surface area (Å²) in [5.41, 5.74) is 2.93. The number of esters is 1. The number of nitrogens with zero attached hydrogens (tertiary/aromatic N) is 1. The van der Waals surface area contributed by atoms with Crippen LogP contribution in [-0.2, 0) is 14.3 Å². The molecule has 0 aliphatic heterocycles. The van der Waals surface area contributed by atoms with Gasteiger partial charge in [0.15, 0.2) is 0 Å². The van der Waals surface area contributed by atoms with Gasteiger partial charge in [-0.3, -0.25) is 0 Å². The Balaban J connectivity index is 2.05. The lowest BCUT2D eigenvalue weighted by Gasteiger charge is -2.18. The van der Waals surface area contributed by atoms with Crippen LogP contribution in [0.1, 0.15) is 38.1 Å². The summed E-state index contributed by atoms with van der Waals surface area (Å²) in [6, 6.07) is 5.03. The summed E-state index contributed by atoms with van der Waals surface area (Å²) < 4.78 is 10.7. The van der Waals surface area contributed by atoms with Crippen LogP contribution in [0.15, 0.2) is 18.2 Å². The number of thiazole rings is 1. The molecule has 0 saturated heterocycles. The maximum atomic E-state index is 11.7. The van der Waals surface area contributed by atoms with Gasteiger partial charge in [-0.1, -0.05) is 11.3 Å². The highest BCUT2D eigenvalue weighted by Gasteiger charge is 2.18. The van der Waals surface area contributed by atoms with E-state index in [2.05, 4.69) is 10.5 Å². The largest absolute Gasteiger partial charge is 0.533 e. The van der Waals surface area contributed by atoms with Crippen LogP contribution in [-0.4, -0.2) is 29.3 Å². The zero-order valence-electron chi connectivity index (χ0n) is 13.3. The van der Waals surface area contributed by atoms with Crippen LogP contribution in [0.4, 0.5) is 9.93 Å². The summed E-state index contributed by atoms with van der Waals surface area (Å²) in [5.74, 6) is -0.387. The maximum absolute atomic E-state index is 11.7. The molecule has 1 N–H and O–H groups in total. The van der Waals surface area contributed by atoms with E-state index in [9.17, 15) is 9.59 Å². The van der Waals surface area contributed by atoms with E-state index in [0.717, 1.165) is 4.70 Å². The molecule has 0 atom stereocenters. The first-order valence-corrected chi connectivity index (χ1v) is 7.83. The number of ether oxygens (including phenoxy) is 2. The molecule has 124 valence electrons. The second-order valence-corrected chi connectivity index (χ2v) is 6.62. The first-order valence-electron chi connectivity index (χ1n) is 7.02. The Bertz CT molecular complexity index is 720. The molecule has 8 heteroatoms. The Hall–Kier alpha value is -2.35. The van der Waals surface area contributed by atoms with Gasteiger partial charge in [-0.05, 0) is 45.9 Å². The minimum absolute atomic E-state index is 0.316. The SMILES string of the molecule is CCOC(=O)c1ccc2nc(NOC(=O)OC(C)(C)C)sc2c1. The van der Waals surface area contributed by atoms with E-state index in [0.29, 0.717) is 22.8 Å². The summed E-state index contributed by atoms with van der Waals surface area (Å²) in [6.07, 6.45) is -0.844. The van der Waals surface area contributed by atoms with Crippen LogP contribution in [0.25, 0.3) is 10.2 Å². The molecule has 2 rings (SSSR count). The molecule has 7 nitrogen and oxygen atoms in total. The third-order valence-corrected chi connectivity index (χ3v) is 3.43. The van der Waals surface area contributed by atoms with Crippen molar-refractivity contribution in [1.29, 1.82) is 0 Å². The number of anilines is 1. The van der Waals surface area contributed by atoms with E-state index in [1.54, 1.807) is 45.9 Å². The fourth-order valence-corrected chi connectivity index (χ4v) is 2.51. The van der Waals surface area contributed by atoms with E-state index in [-0.39, 0.29) is 5.97 Å². The lowest BCUT2D eigenvalue weighted by molar-refractivity contribution is 0.00296. The normalized spacial score (nSPS) is 11.1. The zero-order chi connectivity index (χ0) is 17.0. The highest BCUT2D eigenvalue weighted by atomic mass is 32.1. The number of nitrogens with one attached hydrogen (secondary N) is 1. The van der Waals surface area contributed by atoms with E-state index < -0.39 is 11.8 Å². The average Bonchev–Trinajstić information content (AvgIpc) is 2.85. The van der Waals surface area contributed by atoms with Crippen molar-refractivity contribution in [2.45, 2.75) is 33.3 Å². The third kappa shape index (κ3) is 4.82. The van der Waals surface area contributed by atoms with Gasteiger partial charge < -0.3 is 14.3 Å². The smallest absolute Gasteiger partial charge is 0.462 e. The van der Waals surface area contributed by atoms with Gasteiger partial charge in [0.25, 0.3) is 0 Å². The lowest BCUT2D eigenvalue weighted by Crippen LogP contribution is -2.25. The molecule has 0 amide bonds. The van der Waals surface area contributed by atoms with E-state index in [4.69, 9.17) is 14.3 Å². The van der Waals surface area contributed by atoms with Crippen LogP contribution < -0.4 is 5.48 Å². The molecular weight excluding hydrogens is 320 g/mol. The Morgan fingerprint density at radius 1 is 1.30 bits per heavy atom. The number of aromatic nitrogens is 1. The highest BCUT2D eigenvalue weighted by molar-refractivity contribution is 7.22. The van der Waals surface area contributed by atoms with Crippen LogP contribution in [0.3, 0.4) is 0 Å². The minimum Gasteiger partial charge on any atom is -0.462 e. The predicted molar refractivity (Wildman–Crippen MR) is 86.5 cm³/mol. The molecule has 2 aromatic rings. The monoisotopic (exact) mass is 338 g/mol. The molecule has 0 radical (unpaired) electrons. The summed E-state index contributed by atoms with van der Waals surface area (Å²) >= 11 is 1.24. The number of carbonyl (C=O) groups is 2. The Labute approximate surface area is 137 Å². The van der Waals surface area contributed by atoms with Crippen molar-refractivity contribution in [2.75, 3.05) is 12.1 Å². The number of hydrogen-bond donors (Lipinski definition) is 1. The van der Waals surface area contributed by atoms with Crippen LogP contribution in [0.2, 0.25) is 0 Å². The minimum atomic E-state index is -0.844. The lowest BCUT2D eigenvalue weighted by atomic mass is 10.2. The molecule has 1 aromatic carbocycles. The van der Waals surface area contributed by atoms with E-state index >= 15 is 0 Å². The van der Waals surface area contributed by atoms with Crippen molar-refractivity contribution < 1.29 is 23.9 Å². The molecule has 0 fully saturated rings. The molecular formula is C15H18N2O5S. The maximum Gasteiger partial charge on any atom is 0.533 e. The molecule has 1 aromatic heterocycles. The molecule has 0 aliphatic rings. The first-order chi connectivity index (χ1) is 10.8. The van der Waals surface area contributed by atoms with Crippen LogP contribution >= 0.6 is 11.3 Å². The average molecular weight is 338 g/mol. The van der Waals surface area contributed by atoms with E-state index in [1.165, 1.54) is 11.3 Å². The predicted octanol–water partition coefficient (Wildman–Crippen LogP) is 3.75. The molecule has 0 bridgehead atoms. The van der Waals surface area contributed by atoms with Crippen molar-refractivity contribution >= 4 is 38.8 Å². The molecule has 0 aliphatic carbocycles. The molecule has 0 unspecified atom stereocenters. The first kappa shape index (κ1) is 17.0. The van der Waals surface area contributed by atoms with Gasteiger partial charge in [0, 0.05) is 0 Å². The van der Waals surface area contributed by atoms with Gasteiger partial charge in [-0.15, -0.1) is 0 Å². The fourth-order valence-electron chi connectivity index (χ4n) is 1.67. The Kier molecular flexibility index (Phi) is 5.05. The number of benzene rings is 1. The summed E-state index contributed by atoms with van der Waals surface area (Å²) in [4.78, 5) is 32.2. The molecule has 0 spiro atoms. The summed E-state index contributed by atoms with van der Waals surface area (Å²) in [7, 11) is 0. The van der Waals surface area contributed by atoms with E-state index in [1.807, 2.05) is 0 Å². The van der Waals surface area contributed by atoms with Gasteiger partial charge in [-0.25, -0.2) is 14.6 Å². The topological polar surface area (TPSA) is 86.8 Å². The van der Waals surface area contributed by atoms with Gasteiger partial charge in [-0.2, -0.15) is 5.48 Å². The van der Waals surface area contributed by atoms with Crippen LogP contribution in [0, 0.1) is 0 Å². The van der Waals surface area contributed by atoms with Crippen molar-refractivity contribution in [2.24, 2.45) is 0 Å². The van der Waals surface area contributed by atoms with Crippen molar-refractivity contribution in [1.82, 2.24) is 4.98 Å². The summed E-state index contributed by atoms with van der Waals surface area (Å²) in [6.45, 7) is 7.28. The number of fused-ring (bicyclic) bond motifs is 1. The zero-order valence-corrected chi connectivity index (χ0v) is 14.2. The van der Waals surface area contributed by atoms with Gasteiger partial charge in [0.1, 0.15) is 5.60 Å². The fraction of sp³-hybridized carbons (Fsp3) is 0.400. The Morgan fingerprint density at radius 2 is 2.04 bits per heavy atom. The van der Waals surface area contributed by atoms with Gasteiger partial charge >= 0.3 is 12.1 Å². The molecule has 1 heterocycles. The molecule has 0 saturated carbocycles. The molecule has 23 heavy (non-hydrogen) atoms. The van der Waals surface area contributed by atoms with Crippen molar-refractivity contribution in [3.63, 3.8) is 0 Å². The standard InChI is InChI=1S/C15H18N2O5S/c1-5-20-12(18)9-6-7-10-11(8-9)23-13(16-10)17-22-14(19)21-15(2,3)4/h6-8H,5H2,1-4H3,(H,16,17). The number of rotatable bonds is 4. The van der Waals surface area contributed by atoms with Crippen molar-refractivity contribution in [3.8, 4) is 0 Å². The number of carbonyl (C=O) groups excluding carboxylic acids is 2. The van der Waals surface area contributed by atoms with Gasteiger partial charge in [0.05, 0.1) is 22.4 Å².